The number of rotatable bonds is 8. The standard InChI is InChI=1S/C49H60N4O/c1-30(2)17-20-43-47(46-32(4)23-31(3)24-33(46)5)34(6)51-53(43)37-25-36(49(10,11)12)26-39(28-37)54-38-18-19-41-40-15-13-14-16-42(40)52(44(41)29-38)45-27-35(21-22-50-45)48(7,8)9/h13-16,18-19,21-23,25-31,33,46H,17,20,24H2,1-12H3/t31-,33-,46?/m0/s1. The van der Waals surface area contributed by atoms with E-state index < -0.39 is 0 Å². The lowest BCUT2D eigenvalue weighted by atomic mass is 9.72. The Bertz CT molecular complexity index is 2360. The van der Waals surface area contributed by atoms with Crippen LogP contribution in [0, 0.1) is 24.7 Å². The minimum atomic E-state index is -0.0925. The van der Waals surface area contributed by atoms with Crippen molar-refractivity contribution in [2.75, 3.05) is 0 Å². The molecule has 1 aliphatic rings. The van der Waals surface area contributed by atoms with Gasteiger partial charge in [0, 0.05) is 46.3 Å². The van der Waals surface area contributed by atoms with Crippen molar-refractivity contribution < 1.29 is 4.74 Å². The van der Waals surface area contributed by atoms with Crippen LogP contribution in [0.2, 0.25) is 0 Å². The SMILES string of the molecule is CC1=C[C@H](C)C[C@H](C)C1c1c(C)nn(-c2cc(Oc3ccc4c5ccccc5n(-c5cc(C(C)(C)C)ccn5)c4c3)cc(C(C)(C)C)c2)c1CCC(C)C. The van der Waals surface area contributed by atoms with E-state index >= 15 is 0 Å². The molecule has 282 valence electrons. The number of hydrogen-bond donors (Lipinski definition) is 0. The van der Waals surface area contributed by atoms with Crippen LogP contribution in [0.3, 0.4) is 0 Å². The molecule has 0 spiro atoms. The van der Waals surface area contributed by atoms with Crippen molar-refractivity contribution >= 4 is 21.8 Å². The zero-order valence-electron chi connectivity index (χ0n) is 34.7. The Balaban J connectivity index is 1.36. The highest BCUT2D eigenvalue weighted by molar-refractivity contribution is 6.09. The lowest BCUT2D eigenvalue weighted by Gasteiger charge is -2.33. The number of fused-ring (bicyclic) bond motifs is 3. The molecule has 3 atom stereocenters. The highest BCUT2D eigenvalue weighted by atomic mass is 16.5. The fourth-order valence-corrected chi connectivity index (χ4v) is 8.78. The molecule has 0 saturated carbocycles. The molecule has 0 N–H and O–H groups in total. The second kappa shape index (κ2) is 14.2. The molecule has 0 saturated heterocycles. The summed E-state index contributed by atoms with van der Waals surface area (Å²) in [7, 11) is 0. The molecule has 3 heterocycles. The van der Waals surface area contributed by atoms with Crippen LogP contribution in [0.1, 0.15) is 123 Å². The van der Waals surface area contributed by atoms with Crippen LogP contribution in [0.15, 0.2) is 90.6 Å². The molecule has 0 radical (unpaired) electrons. The van der Waals surface area contributed by atoms with Crippen LogP contribution in [-0.2, 0) is 17.3 Å². The number of allylic oxidation sites excluding steroid dienone is 2. The number of aryl methyl sites for hydroxylation is 1. The minimum absolute atomic E-state index is 0.00574. The fraction of sp³-hybridized carbons (Fsp3) is 0.429. The van der Waals surface area contributed by atoms with Gasteiger partial charge in [0.05, 0.1) is 22.4 Å². The molecule has 0 fully saturated rings. The first-order valence-corrected chi connectivity index (χ1v) is 20.1. The molecule has 1 aliphatic carbocycles. The molecular weight excluding hydrogens is 661 g/mol. The van der Waals surface area contributed by atoms with E-state index in [1.807, 2.05) is 6.20 Å². The largest absolute Gasteiger partial charge is 0.457 e. The van der Waals surface area contributed by atoms with Gasteiger partial charge in [0.15, 0.2) is 0 Å². The van der Waals surface area contributed by atoms with Gasteiger partial charge in [0.2, 0.25) is 0 Å². The summed E-state index contributed by atoms with van der Waals surface area (Å²) >= 11 is 0. The third kappa shape index (κ3) is 7.27. The third-order valence-electron chi connectivity index (χ3n) is 11.5. The van der Waals surface area contributed by atoms with Gasteiger partial charge in [-0.2, -0.15) is 5.10 Å². The number of benzene rings is 3. The van der Waals surface area contributed by atoms with Crippen LogP contribution in [0.5, 0.6) is 11.5 Å². The van der Waals surface area contributed by atoms with Crippen molar-refractivity contribution in [3.05, 3.63) is 119 Å². The molecule has 6 aromatic rings. The first kappa shape index (κ1) is 37.7. The van der Waals surface area contributed by atoms with E-state index in [0.29, 0.717) is 23.7 Å². The van der Waals surface area contributed by atoms with Crippen molar-refractivity contribution in [1.82, 2.24) is 19.3 Å². The minimum Gasteiger partial charge on any atom is -0.457 e. The molecule has 3 aromatic heterocycles. The van der Waals surface area contributed by atoms with Gasteiger partial charge in [0.25, 0.3) is 0 Å². The summed E-state index contributed by atoms with van der Waals surface area (Å²) in [4.78, 5) is 4.89. The first-order valence-electron chi connectivity index (χ1n) is 20.1. The molecule has 0 amide bonds. The Morgan fingerprint density at radius 3 is 2.22 bits per heavy atom. The van der Waals surface area contributed by atoms with Crippen molar-refractivity contribution in [2.45, 2.75) is 119 Å². The molecule has 3 aromatic carbocycles. The molecule has 0 bridgehead atoms. The number of nitrogens with zero attached hydrogens (tertiary/aromatic N) is 4. The number of hydrogen-bond acceptors (Lipinski definition) is 3. The van der Waals surface area contributed by atoms with Gasteiger partial charge in [0.1, 0.15) is 17.3 Å². The quantitative estimate of drug-likeness (QED) is 0.147. The Labute approximate surface area is 323 Å². The van der Waals surface area contributed by atoms with Crippen LogP contribution in [0.4, 0.5) is 0 Å². The third-order valence-corrected chi connectivity index (χ3v) is 11.5. The Morgan fingerprint density at radius 2 is 1.52 bits per heavy atom. The van der Waals surface area contributed by atoms with Crippen molar-refractivity contribution in [2.24, 2.45) is 17.8 Å². The number of aromatic nitrogens is 4. The normalized spacial score (nSPS) is 18.2. The Morgan fingerprint density at radius 1 is 0.796 bits per heavy atom. The van der Waals surface area contributed by atoms with E-state index in [4.69, 9.17) is 14.8 Å². The van der Waals surface area contributed by atoms with Crippen molar-refractivity contribution in [3.8, 4) is 23.0 Å². The summed E-state index contributed by atoms with van der Waals surface area (Å²) in [6.07, 6.45) is 7.73. The molecule has 1 unspecified atom stereocenters. The monoisotopic (exact) mass is 720 g/mol. The zero-order valence-corrected chi connectivity index (χ0v) is 34.7. The predicted octanol–water partition coefficient (Wildman–Crippen LogP) is 13.4. The van der Waals surface area contributed by atoms with Gasteiger partial charge in [-0.05, 0) is 115 Å². The summed E-state index contributed by atoms with van der Waals surface area (Å²) in [6.45, 7) is 27.5. The fourth-order valence-electron chi connectivity index (χ4n) is 8.78. The van der Waals surface area contributed by atoms with Gasteiger partial charge < -0.3 is 4.74 Å². The number of ether oxygens (including phenoxy) is 1. The highest BCUT2D eigenvalue weighted by Gasteiger charge is 2.33. The predicted molar refractivity (Wildman–Crippen MR) is 227 cm³/mol. The maximum Gasteiger partial charge on any atom is 0.137 e. The van der Waals surface area contributed by atoms with Crippen LogP contribution < -0.4 is 4.74 Å². The summed E-state index contributed by atoms with van der Waals surface area (Å²) < 4.78 is 11.4. The van der Waals surface area contributed by atoms with Crippen LogP contribution in [0.25, 0.3) is 33.3 Å². The maximum absolute atomic E-state index is 6.90. The van der Waals surface area contributed by atoms with Gasteiger partial charge in [-0.15, -0.1) is 0 Å². The Kier molecular flexibility index (Phi) is 9.91. The summed E-state index contributed by atoms with van der Waals surface area (Å²) in [5.74, 6) is 4.67. The van der Waals surface area contributed by atoms with Crippen LogP contribution in [-0.4, -0.2) is 19.3 Å². The van der Waals surface area contributed by atoms with E-state index in [2.05, 4.69) is 171 Å². The highest BCUT2D eigenvalue weighted by Crippen LogP contribution is 2.44. The molecule has 5 heteroatoms. The van der Waals surface area contributed by atoms with Crippen molar-refractivity contribution in [3.63, 3.8) is 0 Å². The van der Waals surface area contributed by atoms with Gasteiger partial charge in [-0.1, -0.05) is 99.1 Å². The summed E-state index contributed by atoms with van der Waals surface area (Å²) in [5.41, 5.74) is 11.0. The van der Waals surface area contributed by atoms with Crippen LogP contribution >= 0.6 is 0 Å². The summed E-state index contributed by atoms with van der Waals surface area (Å²) in [5, 5.41) is 7.73. The topological polar surface area (TPSA) is 44.9 Å². The second-order valence-corrected chi connectivity index (χ2v) is 18.6. The smallest absolute Gasteiger partial charge is 0.137 e. The first-order chi connectivity index (χ1) is 25.5. The molecule has 5 nitrogen and oxygen atoms in total. The van der Waals surface area contributed by atoms with Gasteiger partial charge in [-0.3, -0.25) is 4.57 Å². The van der Waals surface area contributed by atoms with E-state index in [0.717, 1.165) is 52.6 Å². The van der Waals surface area contributed by atoms with Gasteiger partial charge in [-0.25, -0.2) is 9.67 Å². The van der Waals surface area contributed by atoms with E-state index in [1.165, 1.54) is 45.2 Å². The molecule has 0 aliphatic heterocycles. The Hall–Kier alpha value is -4.64. The number of pyridine rings is 1. The van der Waals surface area contributed by atoms with Gasteiger partial charge >= 0.3 is 0 Å². The number of para-hydroxylation sites is 1. The second-order valence-electron chi connectivity index (χ2n) is 18.6. The van der Waals surface area contributed by atoms with E-state index in [-0.39, 0.29) is 10.8 Å². The average molecular weight is 721 g/mol. The zero-order chi connectivity index (χ0) is 38.7. The molecule has 54 heavy (non-hydrogen) atoms. The van der Waals surface area contributed by atoms with Crippen molar-refractivity contribution in [1.29, 1.82) is 0 Å². The molecular formula is C49H60N4O. The van der Waals surface area contributed by atoms with E-state index in [9.17, 15) is 0 Å². The lowest BCUT2D eigenvalue weighted by Crippen LogP contribution is -2.21. The summed E-state index contributed by atoms with van der Waals surface area (Å²) in [6, 6.07) is 26.1. The maximum atomic E-state index is 6.90. The average Bonchev–Trinajstić information content (AvgIpc) is 3.60. The molecule has 7 rings (SSSR count). The van der Waals surface area contributed by atoms with E-state index in [1.54, 1.807) is 0 Å². The lowest BCUT2D eigenvalue weighted by molar-refractivity contribution is 0.389.